The van der Waals surface area contributed by atoms with Crippen molar-refractivity contribution in [3.05, 3.63) is 47.7 Å². The number of para-hydroxylation sites is 1. The van der Waals surface area contributed by atoms with Crippen molar-refractivity contribution in [3.63, 3.8) is 0 Å². The number of carboxylic acid groups (broad SMARTS) is 1. The SMILES string of the molecule is CN[C@H](C(=O)N[C@H](C(=O)N(C)[C@H](/C=C(\C)C(=O)N[C@H](C)CC(=O)NCCN1C(=O)CC(SCCC(=O)O)C1=O)C(C)C)C(C)(C)C)C(C)(C)c1cn(C)c2ccccc12. The molecule has 5 atom stereocenters. The Labute approximate surface area is 352 Å². The van der Waals surface area contributed by atoms with E-state index >= 15 is 0 Å². The molecule has 2 heterocycles. The van der Waals surface area contributed by atoms with E-state index in [1.807, 2.05) is 90.5 Å². The quantitative estimate of drug-likeness (QED) is 0.0974. The minimum Gasteiger partial charge on any atom is -0.481 e. The van der Waals surface area contributed by atoms with Gasteiger partial charge in [0.05, 0.1) is 23.8 Å². The molecule has 1 unspecified atom stereocenters. The van der Waals surface area contributed by atoms with Crippen molar-refractivity contribution in [2.24, 2.45) is 18.4 Å². The summed E-state index contributed by atoms with van der Waals surface area (Å²) in [5.41, 5.74) is 1.08. The maximum atomic E-state index is 14.4. The summed E-state index contributed by atoms with van der Waals surface area (Å²) in [7, 11) is 5.39. The van der Waals surface area contributed by atoms with E-state index in [4.69, 9.17) is 5.11 Å². The zero-order valence-corrected chi connectivity index (χ0v) is 37.5. The number of aryl methyl sites for hydroxylation is 1. The Morgan fingerprint density at radius 2 is 1.66 bits per heavy atom. The number of carbonyl (C=O) groups excluding carboxylic acids is 6. The molecule has 6 amide bonds. The fourth-order valence-electron chi connectivity index (χ4n) is 7.49. The Bertz CT molecular complexity index is 1920. The highest BCUT2D eigenvalue weighted by Gasteiger charge is 2.43. The molecular formula is C43H65N7O8S. The second-order valence-electron chi connectivity index (χ2n) is 17.5. The number of aromatic nitrogens is 1. The minimum atomic E-state index is -0.977. The lowest BCUT2D eigenvalue weighted by atomic mass is 9.76. The molecule has 0 radical (unpaired) electrons. The van der Waals surface area contributed by atoms with Crippen LogP contribution in [0.1, 0.15) is 87.1 Å². The first-order valence-electron chi connectivity index (χ1n) is 20.1. The summed E-state index contributed by atoms with van der Waals surface area (Å²) in [5.74, 6) is -3.04. The lowest BCUT2D eigenvalue weighted by Crippen LogP contribution is -2.61. The van der Waals surface area contributed by atoms with Gasteiger partial charge in [0, 0.05) is 79.9 Å². The molecule has 0 aliphatic carbocycles. The van der Waals surface area contributed by atoms with Crippen LogP contribution in [-0.4, -0.2) is 123 Å². The average molecular weight is 840 g/mol. The summed E-state index contributed by atoms with van der Waals surface area (Å²) >= 11 is 1.14. The smallest absolute Gasteiger partial charge is 0.304 e. The van der Waals surface area contributed by atoms with Gasteiger partial charge in [-0.1, -0.05) is 72.7 Å². The number of thioether (sulfide) groups is 1. The molecule has 326 valence electrons. The monoisotopic (exact) mass is 839 g/mol. The molecule has 1 aromatic carbocycles. The molecule has 1 fully saturated rings. The van der Waals surface area contributed by atoms with Gasteiger partial charge in [-0.2, -0.15) is 0 Å². The number of hydrogen-bond donors (Lipinski definition) is 5. The van der Waals surface area contributed by atoms with Crippen molar-refractivity contribution in [1.82, 2.24) is 35.6 Å². The van der Waals surface area contributed by atoms with Gasteiger partial charge in [0.2, 0.25) is 35.4 Å². The Balaban J connectivity index is 1.63. The Hall–Kier alpha value is -4.70. The summed E-state index contributed by atoms with van der Waals surface area (Å²) < 4.78 is 2.05. The first kappa shape index (κ1) is 48.7. The second-order valence-corrected chi connectivity index (χ2v) is 18.8. The number of benzene rings is 1. The van der Waals surface area contributed by atoms with E-state index in [0.717, 1.165) is 33.1 Å². The molecule has 0 spiro atoms. The molecule has 1 aromatic heterocycles. The van der Waals surface area contributed by atoms with E-state index in [1.54, 1.807) is 38.9 Å². The third-order valence-corrected chi connectivity index (χ3v) is 12.1. The standard InChI is InChI=1S/C43H65N7O8S/c1-25(2)31(21-26(3)38(55)46-27(4)22-33(51)45-18-19-50-34(52)23-32(40(50)57)59-20-17-35(53)54)49(12)41(58)37(42(5,6)7)47-39(56)36(44-10)43(8,9)29-24-48(11)30-16-14-13-15-28(29)30/h13-16,21,24-25,27,31-32,36-37,44H,17-20,22-23H2,1-12H3,(H,45,51)(H,46,55)(H,47,56)(H,53,54)/b26-21+/t27-,31-,32?,36-,37-/m1/s1. The van der Waals surface area contributed by atoms with Crippen molar-refractivity contribution < 1.29 is 38.7 Å². The fraction of sp³-hybridized carbons (Fsp3) is 0.605. The van der Waals surface area contributed by atoms with Crippen molar-refractivity contribution in [3.8, 4) is 0 Å². The lowest BCUT2D eigenvalue weighted by molar-refractivity contribution is -0.141. The summed E-state index contributed by atoms with van der Waals surface area (Å²) in [6.07, 6.45) is 3.60. The summed E-state index contributed by atoms with van der Waals surface area (Å²) in [6.45, 7) is 17.0. The summed E-state index contributed by atoms with van der Waals surface area (Å²) in [4.78, 5) is 93.0. The molecule has 0 saturated carbocycles. The van der Waals surface area contributed by atoms with E-state index in [9.17, 15) is 33.6 Å². The molecule has 1 saturated heterocycles. The van der Waals surface area contributed by atoms with Gasteiger partial charge < -0.3 is 35.8 Å². The molecule has 16 heteroatoms. The van der Waals surface area contributed by atoms with Gasteiger partial charge in [-0.25, -0.2) is 0 Å². The molecule has 0 bridgehead atoms. The van der Waals surface area contributed by atoms with Crippen molar-refractivity contribution in [2.75, 3.05) is 32.9 Å². The van der Waals surface area contributed by atoms with Crippen LogP contribution in [0.15, 0.2) is 42.1 Å². The van der Waals surface area contributed by atoms with Crippen molar-refractivity contribution >= 4 is 64.1 Å². The number of carboxylic acids is 1. The van der Waals surface area contributed by atoms with Crippen molar-refractivity contribution in [2.45, 2.75) is 116 Å². The van der Waals surface area contributed by atoms with Crippen LogP contribution in [0.4, 0.5) is 0 Å². The maximum absolute atomic E-state index is 14.4. The van der Waals surface area contributed by atoms with Crippen molar-refractivity contribution in [1.29, 1.82) is 0 Å². The van der Waals surface area contributed by atoms with E-state index in [-0.39, 0.29) is 67.7 Å². The first-order valence-corrected chi connectivity index (χ1v) is 21.2. The minimum absolute atomic E-state index is 0.00882. The topological polar surface area (TPSA) is 199 Å². The fourth-order valence-corrected chi connectivity index (χ4v) is 8.60. The van der Waals surface area contributed by atoms with Crippen LogP contribution < -0.4 is 21.3 Å². The lowest BCUT2D eigenvalue weighted by Gasteiger charge is -2.39. The average Bonchev–Trinajstić information content (AvgIpc) is 3.62. The van der Waals surface area contributed by atoms with E-state index in [1.165, 1.54) is 0 Å². The number of aliphatic carboxylic acids is 1. The molecular weight excluding hydrogens is 775 g/mol. The van der Waals surface area contributed by atoms with E-state index < -0.39 is 58.0 Å². The van der Waals surface area contributed by atoms with E-state index in [0.29, 0.717) is 5.57 Å². The Morgan fingerprint density at radius 1 is 1.02 bits per heavy atom. The predicted octanol–water partition coefficient (Wildman–Crippen LogP) is 3.35. The number of fused-ring (bicyclic) bond motifs is 1. The van der Waals surface area contributed by atoms with Gasteiger partial charge in [0.15, 0.2) is 0 Å². The van der Waals surface area contributed by atoms with Crippen LogP contribution in [0, 0.1) is 11.3 Å². The zero-order chi connectivity index (χ0) is 44.6. The highest BCUT2D eigenvalue weighted by Crippen LogP contribution is 2.35. The highest BCUT2D eigenvalue weighted by molar-refractivity contribution is 8.00. The first-order chi connectivity index (χ1) is 27.4. The maximum Gasteiger partial charge on any atom is 0.304 e. The number of nitrogens with zero attached hydrogens (tertiary/aromatic N) is 3. The third kappa shape index (κ3) is 12.4. The number of hydrogen-bond acceptors (Lipinski definition) is 9. The Kier molecular flexibility index (Phi) is 16.9. The summed E-state index contributed by atoms with van der Waals surface area (Å²) in [5, 5.41) is 21.1. The van der Waals surface area contributed by atoms with Crippen LogP contribution in [0.3, 0.4) is 0 Å². The number of likely N-dealkylation sites (tertiary alicyclic amines) is 1. The third-order valence-electron chi connectivity index (χ3n) is 10.9. The van der Waals surface area contributed by atoms with Crippen LogP contribution in [0.25, 0.3) is 10.9 Å². The molecule has 59 heavy (non-hydrogen) atoms. The number of likely N-dealkylation sites (N-methyl/N-ethyl adjacent to an activating group) is 2. The zero-order valence-electron chi connectivity index (χ0n) is 36.7. The molecule has 1 aliphatic rings. The molecule has 1 aliphatic heterocycles. The number of rotatable bonds is 20. The van der Waals surface area contributed by atoms with Gasteiger partial charge in [0.25, 0.3) is 0 Å². The number of amides is 6. The van der Waals surface area contributed by atoms with Crippen LogP contribution in [0.5, 0.6) is 0 Å². The molecule has 2 aromatic rings. The number of nitrogens with one attached hydrogen (secondary N) is 4. The highest BCUT2D eigenvalue weighted by atomic mass is 32.2. The van der Waals surface area contributed by atoms with E-state index in [2.05, 4.69) is 21.3 Å². The summed E-state index contributed by atoms with van der Waals surface area (Å²) in [6, 6.07) is 5.40. The number of imide groups is 1. The predicted molar refractivity (Wildman–Crippen MR) is 230 cm³/mol. The van der Waals surface area contributed by atoms with Gasteiger partial charge in [-0.3, -0.25) is 38.5 Å². The second kappa shape index (κ2) is 20.5. The normalized spacial score (nSPS) is 17.1. The molecule has 3 rings (SSSR count). The molecule has 15 nitrogen and oxygen atoms in total. The van der Waals surface area contributed by atoms with Gasteiger partial charge in [-0.15, -0.1) is 11.8 Å². The number of carbonyl (C=O) groups is 7. The largest absolute Gasteiger partial charge is 0.481 e. The van der Waals surface area contributed by atoms with Gasteiger partial charge in [-0.05, 0) is 43.9 Å². The van der Waals surface area contributed by atoms with Crippen LogP contribution in [0.2, 0.25) is 0 Å². The van der Waals surface area contributed by atoms with Gasteiger partial charge >= 0.3 is 5.97 Å². The van der Waals surface area contributed by atoms with Gasteiger partial charge in [0.1, 0.15) is 6.04 Å². The van der Waals surface area contributed by atoms with Crippen LogP contribution >= 0.6 is 11.8 Å². The Morgan fingerprint density at radius 3 is 2.25 bits per heavy atom. The van der Waals surface area contributed by atoms with Crippen LogP contribution in [-0.2, 0) is 46.0 Å². The molecule has 5 N–H and O–H groups in total.